The summed E-state index contributed by atoms with van der Waals surface area (Å²) < 4.78 is 0. The van der Waals surface area contributed by atoms with Crippen molar-refractivity contribution in [1.82, 2.24) is 0 Å². The third-order valence-electron chi connectivity index (χ3n) is 6.58. The van der Waals surface area contributed by atoms with Crippen LogP contribution in [0.2, 0.25) is 0 Å². The van der Waals surface area contributed by atoms with Gasteiger partial charge in [0.2, 0.25) is 0 Å². The molecule has 2 aliphatic rings. The van der Waals surface area contributed by atoms with Crippen LogP contribution in [-0.2, 0) is 4.79 Å². The van der Waals surface area contributed by atoms with Crippen molar-refractivity contribution in [1.29, 1.82) is 0 Å². The molecule has 2 fully saturated rings. The molecule has 0 unspecified atom stereocenters. The molecule has 2 nitrogen and oxygen atoms in total. The summed E-state index contributed by atoms with van der Waals surface area (Å²) in [5, 5.41) is 9.57. The van der Waals surface area contributed by atoms with E-state index < -0.39 is 5.97 Å². The van der Waals surface area contributed by atoms with Crippen LogP contribution in [-0.4, -0.2) is 11.1 Å². The van der Waals surface area contributed by atoms with Gasteiger partial charge >= 0.3 is 5.97 Å². The van der Waals surface area contributed by atoms with E-state index in [0.717, 1.165) is 43.4 Å². The predicted octanol–water partition coefficient (Wildman–Crippen LogP) is 6.77. The van der Waals surface area contributed by atoms with Crippen molar-refractivity contribution in [2.24, 2.45) is 23.7 Å². The molecular weight excluding hydrogens is 308 g/mol. The van der Waals surface area contributed by atoms with Gasteiger partial charge in [-0.2, -0.15) is 0 Å². The van der Waals surface area contributed by atoms with Crippen molar-refractivity contribution in [2.45, 2.75) is 90.9 Å². The van der Waals surface area contributed by atoms with Gasteiger partial charge in [-0.25, -0.2) is 4.79 Å². The van der Waals surface area contributed by atoms with E-state index in [4.69, 9.17) is 0 Å². The van der Waals surface area contributed by atoms with Gasteiger partial charge < -0.3 is 5.11 Å². The Labute approximate surface area is 154 Å². The number of carboxylic acids is 1. The third kappa shape index (κ3) is 6.31. The van der Waals surface area contributed by atoms with E-state index in [1.807, 2.05) is 12.2 Å². The van der Waals surface area contributed by atoms with Crippen molar-refractivity contribution in [3.8, 4) is 0 Å². The zero-order chi connectivity index (χ0) is 18.1. The van der Waals surface area contributed by atoms with Gasteiger partial charge in [0.05, 0.1) is 0 Å². The van der Waals surface area contributed by atoms with Crippen molar-refractivity contribution in [3.05, 3.63) is 23.8 Å². The summed E-state index contributed by atoms with van der Waals surface area (Å²) in [6, 6.07) is 0. The average Bonchev–Trinajstić information content (AvgIpc) is 2.63. The second-order valence-corrected chi connectivity index (χ2v) is 8.33. The zero-order valence-electron chi connectivity index (χ0n) is 16.4. The van der Waals surface area contributed by atoms with E-state index in [1.165, 1.54) is 51.4 Å². The Morgan fingerprint density at radius 3 is 2.04 bits per heavy atom. The molecule has 25 heavy (non-hydrogen) atoms. The molecule has 2 heteroatoms. The molecule has 0 bridgehead atoms. The second-order valence-electron chi connectivity index (χ2n) is 8.33. The first-order chi connectivity index (χ1) is 12.2. The molecule has 2 saturated carbocycles. The molecular formula is C23H38O2. The molecule has 2 aliphatic carbocycles. The second kappa shape index (κ2) is 10.8. The van der Waals surface area contributed by atoms with Gasteiger partial charge in [0.25, 0.3) is 0 Å². The molecule has 0 aromatic heterocycles. The molecule has 142 valence electrons. The number of carboxylic acid groups (broad SMARTS) is 1. The predicted molar refractivity (Wildman–Crippen MR) is 106 cm³/mol. The minimum atomic E-state index is -0.718. The first-order valence-corrected chi connectivity index (χ1v) is 10.8. The number of hydrogen-bond donors (Lipinski definition) is 1. The van der Waals surface area contributed by atoms with Gasteiger partial charge in [0.15, 0.2) is 0 Å². The lowest BCUT2D eigenvalue weighted by atomic mass is 9.68. The van der Waals surface area contributed by atoms with Crippen LogP contribution in [0.5, 0.6) is 0 Å². The van der Waals surface area contributed by atoms with E-state index in [0.29, 0.717) is 5.57 Å². The molecule has 0 radical (unpaired) electrons. The van der Waals surface area contributed by atoms with Crippen LogP contribution in [0.1, 0.15) is 90.9 Å². The molecule has 0 amide bonds. The monoisotopic (exact) mass is 346 g/mol. The summed E-state index contributed by atoms with van der Waals surface area (Å²) in [6.45, 7) is 4.45. The lowest BCUT2D eigenvalue weighted by molar-refractivity contribution is -0.133. The summed E-state index contributed by atoms with van der Waals surface area (Å²) in [7, 11) is 0. The Bertz CT molecular complexity index is 447. The van der Waals surface area contributed by atoms with Gasteiger partial charge in [-0.1, -0.05) is 64.2 Å². The fourth-order valence-corrected chi connectivity index (χ4v) is 5.07. The molecule has 0 heterocycles. The third-order valence-corrected chi connectivity index (χ3v) is 6.58. The maximum absolute atomic E-state index is 11.6. The molecule has 1 N–H and O–H groups in total. The fraction of sp³-hybridized carbons (Fsp3) is 0.783. The van der Waals surface area contributed by atoms with E-state index >= 15 is 0 Å². The highest BCUT2D eigenvalue weighted by Gasteiger charge is 2.32. The van der Waals surface area contributed by atoms with Crippen LogP contribution >= 0.6 is 0 Å². The highest BCUT2D eigenvalue weighted by atomic mass is 16.4. The van der Waals surface area contributed by atoms with E-state index in [1.54, 1.807) is 0 Å². The Balaban J connectivity index is 1.82. The van der Waals surface area contributed by atoms with Gasteiger partial charge in [0.1, 0.15) is 0 Å². The standard InChI is InChI=1S/C23H38O2/c1-3-5-6-7-9-22(23(24)25)21-16-14-20(15-17-21)19-12-10-18(8-4-2)11-13-19/h6-7,9,18-21H,3-5,8,10-17H2,1-2H3,(H,24,25)/t18-,19-,20-,21-. The number of hydrogen-bond acceptors (Lipinski definition) is 1. The van der Waals surface area contributed by atoms with E-state index in [2.05, 4.69) is 19.9 Å². The molecule has 0 aromatic rings. The summed E-state index contributed by atoms with van der Waals surface area (Å²) >= 11 is 0. The smallest absolute Gasteiger partial charge is 0.331 e. The number of carbonyl (C=O) groups is 1. The Morgan fingerprint density at radius 2 is 1.52 bits per heavy atom. The van der Waals surface area contributed by atoms with Crippen LogP contribution < -0.4 is 0 Å². The van der Waals surface area contributed by atoms with Crippen molar-refractivity contribution in [2.75, 3.05) is 0 Å². The minimum absolute atomic E-state index is 0.261. The first-order valence-electron chi connectivity index (χ1n) is 10.8. The van der Waals surface area contributed by atoms with Crippen LogP contribution in [0, 0.1) is 23.7 Å². The van der Waals surface area contributed by atoms with Gasteiger partial charge in [-0.05, 0) is 68.6 Å². The average molecular weight is 347 g/mol. The Kier molecular flexibility index (Phi) is 8.78. The molecule has 0 aliphatic heterocycles. The SMILES string of the molecule is CCCC=CC=C(C(=O)O)[C@H]1CC[C@H]([C@H]2CC[C@H](CCC)CC2)CC1. The molecule has 2 rings (SSSR count). The van der Waals surface area contributed by atoms with Crippen molar-refractivity contribution >= 4 is 5.97 Å². The van der Waals surface area contributed by atoms with Gasteiger partial charge in [-0.3, -0.25) is 0 Å². The highest BCUT2D eigenvalue weighted by Crippen LogP contribution is 2.43. The number of rotatable bonds is 8. The lowest BCUT2D eigenvalue weighted by Crippen LogP contribution is -2.27. The molecule has 0 aromatic carbocycles. The van der Waals surface area contributed by atoms with Crippen LogP contribution in [0.25, 0.3) is 0 Å². The summed E-state index contributed by atoms with van der Waals surface area (Å²) in [4.78, 5) is 11.6. The number of aliphatic carboxylic acids is 1. The first kappa shape index (κ1) is 20.3. The van der Waals surface area contributed by atoms with E-state index in [9.17, 15) is 9.90 Å². The van der Waals surface area contributed by atoms with Gasteiger partial charge in [0, 0.05) is 5.57 Å². The maximum atomic E-state index is 11.6. The summed E-state index contributed by atoms with van der Waals surface area (Å²) in [5.41, 5.74) is 0.637. The molecule has 0 spiro atoms. The van der Waals surface area contributed by atoms with Crippen molar-refractivity contribution in [3.63, 3.8) is 0 Å². The van der Waals surface area contributed by atoms with E-state index in [-0.39, 0.29) is 5.92 Å². The largest absolute Gasteiger partial charge is 0.478 e. The summed E-state index contributed by atoms with van der Waals surface area (Å²) in [6.07, 6.45) is 21.1. The number of allylic oxidation sites excluding steroid dienone is 3. The molecule has 0 atom stereocenters. The summed E-state index contributed by atoms with van der Waals surface area (Å²) in [5.74, 6) is 2.29. The minimum Gasteiger partial charge on any atom is -0.478 e. The topological polar surface area (TPSA) is 37.3 Å². The zero-order valence-corrected chi connectivity index (χ0v) is 16.4. The van der Waals surface area contributed by atoms with Crippen LogP contribution in [0.3, 0.4) is 0 Å². The van der Waals surface area contributed by atoms with Crippen LogP contribution in [0.15, 0.2) is 23.8 Å². The Hall–Kier alpha value is -1.05. The van der Waals surface area contributed by atoms with Crippen molar-refractivity contribution < 1.29 is 9.90 Å². The maximum Gasteiger partial charge on any atom is 0.331 e. The highest BCUT2D eigenvalue weighted by molar-refractivity contribution is 5.87. The normalized spacial score (nSPS) is 31.4. The Morgan fingerprint density at radius 1 is 0.920 bits per heavy atom. The number of unbranched alkanes of at least 4 members (excludes halogenated alkanes) is 1. The fourth-order valence-electron chi connectivity index (χ4n) is 5.07. The van der Waals surface area contributed by atoms with Gasteiger partial charge in [-0.15, -0.1) is 0 Å². The quantitative estimate of drug-likeness (QED) is 0.389. The lowest BCUT2D eigenvalue weighted by Gasteiger charge is -2.38. The molecule has 0 saturated heterocycles. The van der Waals surface area contributed by atoms with Crippen LogP contribution in [0.4, 0.5) is 0 Å².